The molecule has 0 aromatic heterocycles. The lowest BCUT2D eigenvalue weighted by molar-refractivity contribution is -0.132. The van der Waals surface area contributed by atoms with Crippen LogP contribution in [0.4, 0.5) is 5.69 Å². The molecule has 5 nitrogen and oxygen atoms in total. The van der Waals surface area contributed by atoms with E-state index in [0.717, 1.165) is 18.8 Å². The van der Waals surface area contributed by atoms with Gasteiger partial charge in [0.25, 0.3) is 0 Å². The van der Waals surface area contributed by atoms with Gasteiger partial charge in [0.1, 0.15) is 0 Å². The molecule has 1 atom stereocenters. The average Bonchev–Trinajstić information content (AvgIpc) is 2.86. The van der Waals surface area contributed by atoms with E-state index in [1.807, 2.05) is 29.2 Å². The Bertz CT molecular complexity index is 684. The fourth-order valence-electron chi connectivity index (χ4n) is 3.30. The highest BCUT2D eigenvalue weighted by Gasteiger charge is 2.31. The Morgan fingerprint density at radius 3 is 2.57 bits per heavy atom. The minimum atomic E-state index is -2.91. The van der Waals surface area contributed by atoms with Gasteiger partial charge in [-0.1, -0.05) is 17.7 Å². The topological polar surface area (TPSA) is 57.7 Å². The molecule has 1 aromatic rings. The van der Waals surface area contributed by atoms with Gasteiger partial charge >= 0.3 is 0 Å². The van der Waals surface area contributed by atoms with Gasteiger partial charge in [-0.3, -0.25) is 4.79 Å². The van der Waals surface area contributed by atoms with Crippen molar-refractivity contribution in [2.45, 2.75) is 12.8 Å². The molecule has 0 spiro atoms. The summed E-state index contributed by atoms with van der Waals surface area (Å²) in [7, 11) is -2.91. The van der Waals surface area contributed by atoms with Crippen molar-refractivity contribution < 1.29 is 13.2 Å². The highest BCUT2D eigenvalue weighted by atomic mass is 35.5. The summed E-state index contributed by atoms with van der Waals surface area (Å²) in [5.74, 6) is 0.477. The number of sulfone groups is 1. The molecule has 0 aliphatic carbocycles. The molecule has 2 saturated heterocycles. The highest BCUT2D eigenvalue weighted by Crippen LogP contribution is 2.24. The Labute approximate surface area is 142 Å². The number of amides is 1. The molecule has 1 amide bonds. The maximum Gasteiger partial charge on any atom is 0.223 e. The van der Waals surface area contributed by atoms with Gasteiger partial charge in [0, 0.05) is 43.3 Å². The molecule has 2 aliphatic rings. The molecule has 1 aromatic carbocycles. The summed E-state index contributed by atoms with van der Waals surface area (Å²) in [4.78, 5) is 16.4. The molecule has 126 valence electrons. The summed E-state index contributed by atoms with van der Waals surface area (Å²) in [5, 5.41) is 0.712. The largest absolute Gasteiger partial charge is 0.368 e. The maximum absolute atomic E-state index is 12.4. The normalized spacial score (nSPS) is 24.0. The Hall–Kier alpha value is -1.27. The van der Waals surface area contributed by atoms with Crippen LogP contribution in [-0.2, 0) is 14.6 Å². The van der Waals surface area contributed by atoms with Crippen LogP contribution in [0.25, 0.3) is 0 Å². The van der Waals surface area contributed by atoms with Crippen LogP contribution in [0.15, 0.2) is 24.3 Å². The molecule has 2 aliphatic heterocycles. The molecule has 0 N–H and O–H groups in total. The summed E-state index contributed by atoms with van der Waals surface area (Å²) in [6, 6.07) is 7.73. The van der Waals surface area contributed by atoms with Crippen LogP contribution in [0.1, 0.15) is 12.8 Å². The fraction of sp³-hybridized carbons (Fsp3) is 0.562. The zero-order chi connectivity index (χ0) is 16.4. The van der Waals surface area contributed by atoms with E-state index < -0.39 is 9.84 Å². The monoisotopic (exact) mass is 356 g/mol. The SMILES string of the molecule is O=C(C[C@H]1CCS(=O)(=O)C1)N1CCN(c2cccc(Cl)c2)CC1. The summed E-state index contributed by atoms with van der Waals surface area (Å²) < 4.78 is 23.0. The third-order valence-corrected chi connectivity index (χ3v) is 6.67. The van der Waals surface area contributed by atoms with Gasteiger partial charge in [0.2, 0.25) is 5.91 Å². The van der Waals surface area contributed by atoms with Gasteiger partial charge in [-0.15, -0.1) is 0 Å². The van der Waals surface area contributed by atoms with Crippen molar-refractivity contribution in [3.63, 3.8) is 0 Å². The summed E-state index contributed by atoms with van der Waals surface area (Å²) in [6.45, 7) is 2.89. The van der Waals surface area contributed by atoms with E-state index in [0.29, 0.717) is 31.0 Å². The van der Waals surface area contributed by atoms with Crippen LogP contribution < -0.4 is 4.90 Å². The standard InChI is InChI=1S/C16H21ClN2O3S/c17-14-2-1-3-15(11-14)18-5-7-19(8-6-18)16(20)10-13-4-9-23(21,22)12-13/h1-3,11,13H,4-10,12H2/t13-/m1/s1. The van der Waals surface area contributed by atoms with E-state index in [9.17, 15) is 13.2 Å². The average molecular weight is 357 g/mol. The smallest absolute Gasteiger partial charge is 0.223 e. The zero-order valence-corrected chi connectivity index (χ0v) is 14.5. The van der Waals surface area contributed by atoms with Crippen LogP contribution in [0.2, 0.25) is 5.02 Å². The number of piperazine rings is 1. The van der Waals surface area contributed by atoms with E-state index >= 15 is 0 Å². The number of anilines is 1. The van der Waals surface area contributed by atoms with Crippen LogP contribution >= 0.6 is 11.6 Å². The number of carbonyl (C=O) groups is 1. The van der Waals surface area contributed by atoms with Crippen molar-refractivity contribution in [3.8, 4) is 0 Å². The van der Waals surface area contributed by atoms with E-state index in [2.05, 4.69) is 4.90 Å². The fourth-order valence-corrected chi connectivity index (χ4v) is 5.34. The number of nitrogens with zero attached hydrogens (tertiary/aromatic N) is 2. The third kappa shape index (κ3) is 4.18. The summed E-state index contributed by atoms with van der Waals surface area (Å²) in [5.41, 5.74) is 1.08. The Kier molecular flexibility index (Phi) is 4.82. The molecule has 3 rings (SSSR count). The molecule has 2 heterocycles. The quantitative estimate of drug-likeness (QED) is 0.828. The predicted octanol–water partition coefficient (Wildman–Crippen LogP) is 1.81. The van der Waals surface area contributed by atoms with E-state index in [1.165, 1.54) is 0 Å². The lowest BCUT2D eigenvalue weighted by Crippen LogP contribution is -2.49. The molecular weight excluding hydrogens is 336 g/mol. The van der Waals surface area contributed by atoms with Gasteiger partial charge in [-0.05, 0) is 30.5 Å². The second-order valence-corrected chi connectivity index (χ2v) is 8.99. The Morgan fingerprint density at radius 2 is 1.96 bits per heavy atom. The first-order valence-corrected chi connectivity index (χ1v) is 10.1. The van der Waals surface area contributed by atoms with E-state index in [-0.39, 0.29) is 23.3 Å². The van der Waals surface area contributed by atoms with Gasteiger partial charge < -0.3 is 9.80 Å². The van der Waals surface area contributed by atoms with Crippen molar-refractivity contribution in [3.05, 3.63) is 29.3 Å². The number of carbonyl (C=O) groups excluding carboxylic acids is 1. The Balaban J connectivity index is 1.51. The van der Waals surface area contributed by atoms with E-state index in [4.69, 9.17) is 11.6 Å². The molecule has 7 heteroatoms. The zero-order valence-electron chi connectivity index (χ0n) is 12.9. The van der Waals surface area contributed by atoms with Gasteiger partial charge in [0.05, 0.1) is 11.5 Å². The van der Waals surface area contributed by atoms with Gasteiger partial charge in [0.15, 0.2) is 9.84 Å². The summed E-state index contributed by atoms with van der Waals surface area (Å²) >= 11 is 6.02. The van der Waals surface area contributed by atoms with E-state index in [1.54, 1.807) is 0 Å². The van der Waals surface area contributed by atoms with Crippen LogP contribution in [0, 0.1) is 5.92 Å². The molecular formula is C16H21ClN2O3S. The summed E-state index contributed by atoms with van der Waals surface area (Å²) in [6.07, 6.45) is 0.979. The molecule has 2 fully saturated rings. The highest BCUT2D eigenvalue weighted by molar-refractivity contribution is 7.91. The first kappa shape index (κ1) is 16.6. The number of rotatable bonds is 3. The molecule has 23 heavy (non-hydrogen) atoms. The number of benzene rings is 1. The molecule has 0 radical (unpaired) electrons. The lowest BCUT2D eigenvalue weighted by Gasteiger charge is -2.36. The minimum absolute atomic E-state index is 0.00143. The minimum Gasteiger partial charge on any atom is -0.368 e. The Morgan fingerprint density at radius 1 is 1.22 bits per heavy atom. The number of hydrogen-bond acceptors (Lipinski definition) is 4. The molecule has 0 unspecified atom stereocenters. The molecule has 0 bridgehead atoms. The second kappa shape index (κ2) is 6.69. The first-order chi connectivity index (χ1) is 10.9. The van der Waals surface area contributed by atoms with Crippen molar-refractivity contribution in [2.24, 2.45) is 5.92 Å². The van der Waals surface area contributed by atoms with Crippen molar-refractivity contribution >= 4 is 33.0 Å². The maximum atomic E-state index is 12.4. The van der Waals surface area contributed by atoms with Gasteiger partial charge in [-0.25, -0.2) is 8.42 Å². The second-order valence-electron chi connectivity index (χ2n) is 6.32. The first-order valence-electron chi connectivity index (χ1n) is 7.92. The van der Waals surface area contributed by atoms with Crippen LogP contribution in [-0.4, -0.2) is 56.9 Å². The number of hydrogen-bond donors (Lipinski definition) is 0. The van der Waals surface area contributed by atoms with Crippen molar-refractivity contribution in [2.75, 3.05) is 42.6 Å². The van der Waals surface area contributed by atoms with Gasteiger partial charge in [-0.2, -0.15) is 0 Å². The predicted molar refractivity (Wildman–Crippen MR) is 91.6 cm³/mol. The number of halogens is 1. The van der Waals surface area contributed by atoms with Crippen molar-refractivity contribution in [1.29, 1.82) is 0 Å². The van der Waals surface area contributed by atoms with Crippen molar-refractivity contribution in [1.82, 2.24) is 4.90 Å². The molecule has 0 saturated carbocycles. The van der Waals surface area contributed by atoms with Crippen LogP contribution in [0.3, 0.4) is 0 Å². The third-order valence-electron chi connectivity index (χ3n) is 4.60. The lowest BCUT2D eigenvalue weighted by atomic mass is 10.0. The van der Waals surface area contributed by atoms with Crippen LogP contribution in [0.5, 0.6) is 0 Å².